The molecular weight excluding hydrogens is 372 g/mol. The van der Waals surface area contributed by atoms with E-state index in [-0.39, 0.29) is 17.2 Å². The number of hydrogen-bond donors (Lipinski definition) is 1. The van der Waals surface area contributed by atoms with E-state index in [2.05, 4.69) is 17.4 Å². The molecule has 6 heteroatoms. The molecule has 28 heavy (non-hydrogen) atoms. The van der Waals surface area contributed by atoms with E-state index in [1.807, 2.05) is 19.9 Å². The minimum Gasteiger partial charge on any atom is -0.326 e. The number of sulfonamides is 1. The molecule has 0 unspecified atom stereocenters. The highest BCUT2D eigenvalue weighted by atomic mass is 32.2. The fraction of sp³-hybridized carbons (Fsp3) is 0.409. The summed E-state index contributed by atoms with van der Waals surface area (Å²) >= 11 is 0. The van der Waals surface area contributed by atoms with Gasteiger partial charge in [-0.15, -0.1) is 0 Å². The maximum atomic E-state index is 12.6. The van der Waals surface area contributed by atoms with Crippen LogP contribution in [0, 0.1) is 13.8 Å². The van der Waals surface area contributed by atoms with Crippen molar-refractivity contribution >= 4 is 21.6 Å². The lowest BCUT2D eigenvalue weighted by Gasteiger charge is -2.18. The second kappa shape index (κ2) is 8.05. The van der Waals surface area contributed by atoms with E-state index in [1.165, 1.54) is 42.4 Å². The van der Waals surface area contributed by atoms with Crippen LogP contribution < -0.4 is 5.32 Å². The zero-order chi connectivity index (χ0) is 20.5. The van der Waals surface area contributed by atoms with Gasteiger partial charge in [0.05, 0.1) is 11.3 Å². The van der Waals surface area contributed by atoms with E-state index in [1.54, 1.807) is 12.1 Å². The second-order valence-corrected chi connectivity index (χ2v) is 9.89. The van der Waals surface area contributed by atoms with Crippen molar-refractivity contribution in [3.63, 3.8) is 0 Å². The summed E-state index contributed by atoms with van der Waals surface area (Å²) in [6.45, 7) is 3.74. The van der Waals surface area contributed by atoms with Gasteiger partial charge in [0.25, 0.3) is 0 Å². The van der Waals surface area contributed by atoms with Gasteiger partial charge in [-0.25, -0.2) is 12.7 Å². The van der Waals surface area contributed by atoms with Crippen LogP contribution in [-0.4, -0.2) is 32.7 Å². The zero-order valence-corrected chi connectivity index (χ0v) is 17.8. The molecule has 0 saturated heterocycles. The maximum Gasteiger partial charge on any atom is 0.242 e. The highest BCUT2D eigenvalue weighted by Crippen LogP contribution is 2.26. The number of carbonyl (C=O) groups is 1. The first kappa shape index (κ1) is 20.6. The van der Waals surface area contributed by atoms with Crippen LogP contribution in [0.3, 0.4) is 0 Å². The van der Waals surface area contributed by atoms with Crippen molar-refractivity contribution in [1.82, 2.24) is 4.31 Å². The van der Waals surface area contributed by atoms with E-state index in [4.69, 9.17) is 0 Å². The molecule has 0 spiro atoms. The van der Waals surface area contributed by atoms with Gasteiger partial charge >= 0.3 is 0 Å². The van der Waals surface area contributed by atoms with Crippen LogP contribution in [0.2, 0.25) is 0 Å². The van der Waals surface area contributed by atoms with E-state index < -0.39 is 10.0 Å². The van der Waals surface area contributed by atoms with Gasteiger partial charge in [0.15, 0.2) is 0 Å². The SMILES string of the molecule is Cc1cc(S(=O)(=O)N(C)C)cc(NC(=O)Cc2ccc3c(c2)CCCC3)c1C. The van der Waals surface area contributed by atoms with Crippen LogP contribution in [0.15, 0.2) is 35.2 Å². The Morgan fingerprint density at radius 3 is 2.39 bits per heavy atom. The van der Waals surface area contributed by atoms with Gasteiger partial charge in [0.2, 0.25) is 15.9 Å². The Kier molecular flexibility index (Phi) is 5.91. The number of nitrogens with zero attached hydrogens (tertiary/aromatic N) is 1. The molecule has 0 aromatic heterocycles. The van der Waals surface area contributed by atoms with E-state index in [0.717, 1.165) is 29.5 Å². The summed E-state index contributed by atoms with van der Waals surface area (Å²) < 4.78 is 26.1. The van der Waals surface area contributed by atoms with Gasteiger partial charge < -0.3 is 5.32 Å². The first-order chi connectivity index (χ1) is 13.2. The summed E-state index contributed by atoms with van der Waals surface area (Å²) in [5.74, 6) is -0.141. The lowest BCUT2D eigenvalue weighted by molar-refractivity contribution is -0.115. The van der Waals surface area contributed by atoms with E-state index in [9.17, 15) is 13.2 Å². The smallest absolute Gasteiger partial charge is 0.242 e. The molecule has 0 fully saturated rings. The first-order valence-electron chi connectivity index (χ1n) is 9.63. The average Bonchev–Trinajstić information content (AvgIpc) is 2.64. The van der Waals surface area contributed by atoms with Crippen molar-refractivity contribution in [2.24, 2.45) is 0 Å². The number of benzene rings is 2. The number of fused-ring (bicyclic) bond motifs is 1. The molecule has 1 aliphatic rings. The molecule has 0 heterocycles. The Morgan fingerprint density at radius 1 is 1.04 bits per heavy atom. The number of amides is 1. The molecule has 0 atom stereocenters. The summed E-state index contributed by atoms with van der Waals surface area (Å²) in [6.07, 6.45) is 4.91. The van der Waals surface area contributed by atoms with Crippen molar-refractivity contribution in [1.29, 1.82) is 0 Å². The predicted octanol–water partition coefficient (Wildman–Crippen LogP) is 3.61. The monoisotopic (exact) mass is 400 g/mol. The third kappa shape index (κ3) is 4.28. The molecule has 0 radical (unpaired) electrons. The van der Waals surface area contributed by atoms with Gasteiger partial charge in [0, 0.05) is 19.8 Å². The number of carbonyl (C=O) groups excluding carboxylic acids is 1. The fourth-order valence-corrected chi connectivity index (χ4v) is 4.61. The van der Waals surface area contributed by atoms with Gasteiger partial charge in [-0.1, -0.05) is 18.2 Å². The van der Waals surface area contributed by atoms with Crippen LogP contribution in [0.4, 0.5) is 5.69 Å². The third-order valence-electron chi connectivity index (χ3n) is 5.47. The number of hydrogen-bond acceptors (Lipinski definition) is 3. The molecule has 3 rings (SSSR count). The Labute approximate surface area is 167 Å². The third-order valence-corrected chi connectivity index (χ3v) is 7.26. The van der Waals surface area contributed by atoms with Crippen LogP contribution in [0.25, 0.3) is 0 Å². The van der Waals surface area contributed by atoms with Crippen molar-refractivity contribution in [2.75, 3.05) is 19.4 Å². The number of aryl methyl sites for hydroxylation is 3. The topological polar surface area (TPSA) is 66.5 Å². The second-order valence-electron chi connectivity index (χ2n) is 7.74. The molecule has 0 saturated carbocycles. The number of nitrogens with one attached hydrogen (secondary N) is 1. The molecule has 150 valence electrons. The molecule has 1 aliphatic carbocycles. The Bertz CT molecular complexity index is 1010. The molecular formula is C22H28N2O3S. The van der Waals surface area contributed by atoms with Gasteiger partial charge in [0.1, 0.15) is 0 Å². The fourth-order valence-electron chi connectivity index (χ4n) is 3.59. The highest BCUT2D eigenvalue weighted by molar-refractivity contribution is 7.89. The first-order valence-corrected chi connectivity index (χ1v) is 11.1. The highest BCUT2D eigenvalue weighted by Gasteiger charge is 2.20. The molecule has 2 aromatic rings. The lowest BCUT2D eigenvalue weighted by atomic mass is 9.90. The lowest BCUT2D eigenvalue weighted by Crippen LogP contribution is -2.23. The maximum absolute atomic E-state index is 12.6. The summed E-state index contributed by atoms with van der Waals surface area (Å²) in [5.41, 5.74) is 5.97. The minimum absolute atomic E-state index is 0.141. The molecule has 2 aromatic carbocycles. The largest absolute Gasteiger partial charge is 0.326 e. The summed E-state index contributed by atoms with van der Waals surface area (Å²) in [6, 6.07) is 9.48. The molecule has 1 amide bonds. The average molecular weight is 401 g/mol. The molecule has 1 N–H and O–H groups in total. The van der Waals surface area contributed by atoms with Crippen LogP contribution in [-0.2, 0) is 34.1 Å². The van der Waals surface area contributed by atoms with Crippen LogP contribution in [0.5, 0.6) is 0 Å². The van der Waals surface area contributed by atoms with Crippen molar-refractivity contribution in [3.05, 3.63) is 58.1 Å². The quantitative estimate of drug-likeness (QED) is 0.834. The summed E-state index contributed by atoms with van der Waals surface area (Å²) in [5, 5.41) is 2.91. The Hall–Kier alpha value is -2.18. The van der Waals surface area contributed by atoms with Crippen molar-refractivity contribution in [2.45, 2.75) is 50.8 Å². The van der Waals surface area contributed by atoms with E-state index in [0.29, 0.717) is 5.69 Å². The van der Waals surface area contributed by atoms with Crippen molar-refractivity contribution in [3.8, 4) is 0 Å². The van der Waals surface area contributed by atoms with Gasteiger partial charge in [-0.2, -0.15) is 0 Å². The zero-order valence-electron chi connectivity index (χ0n) is 17.0. The van der Waals surface area contributed by atoms with Crippen molar-refractivity contribution < 1.29 is 13.2 Å². The van der Waals surface area contributed by atoms with Gasteiger partial charge in [-0.3, -0.25) is 4.79 Å². The van der Waals surface area contributed by atoms with E-state index >= 15 is 0 Å². The predicted molar refractivity (Wildman–Crippen MR) is 112 cm³/mol. The minimum atomic E-state index is -3.56. The normalized spacial score (nSPS) is 14.0. The van der Waals surface area contributed by atoms with Crippen LogP contribution in [0.1, 0.15) is 40.7 Å². The molecule has 0 aliphatic heterocycles. The Morgan fingerprint density at radius 2 is 1.71 bits per heavy atom. The van der Waals surface area contributed by atoms with Gasteiger partial charge in [-0.05, 0) is 79.5 Å². The summed E-state index contributed by atoms with van der Waals surface area (Å²) in [7, 11) is -0.564. The number of anilines is 1. The molecule has 5 nitrogen and oxygen atoms in total. The number of rotatable bonds is 5. The standard InChI is InChI=1S/C22H28N2O3S/c1-15-11-20(28(26,27)24(3)4)14-21(16(15)2)23-22(25)13-17-9-10-18-7-5-6-8-19(18)12-17/h9-12,14H,5-8,13H2,1-4H3,(H,23,25). The van der Waals surface area contributed by atoms with Crippen LogP contribution >= 0.6 is 0 Å². The molecule has 0 bridgehead atoms. The summed E-state index contributed by atoms with van der Waals surface area (Å²) in [4.78, 5) is 12.8. The Balaban J connectivity index is 1.81.